The zero-order valence-corrected chi connectivity index (χ0v) is 11.3. The standard InChI is InChI=1S/C11H17BrN2O2/c1-7(2)11(3,16)6-14-10(15)9-4-8(12)5-13-9/h4-5,7,13,16H,6H2,1-3H3,(H,14,15). The molecule has 16 heavy (non-hydrogen) atoms. The molecule has 0 aliphatic heterocycles. The second-order valence-corrected chi connectivity index (χ2v) is 5.34. The van der Waals surface area contributed by atoms with Crippen molar-refractivity contribution in [1.82, 2.24) is 10.3 Å². The van der Waals surface area contributed by atoms with Gasteiger partial charge in [0.05, 0.1) is 5.60 Å². The van der Waals surface area contributed by atoms with Crippen molar-refractivity contribution in [3.8, 4) is 0 Å². The quantitative estimate of drug-likeness (QED) is 0.792. The Bertz CT molecular complexity index is 372. The molecule has 0 saturated heterocycles. The summed E-state index contributed by atoms with van der Waals surface area (Å²) in [7, 11) is 0. The Hall–Kier alpha value is -0.810. The monoisotopic (exact) mass is 288 g/mol. The first-order valence-corrected chi connectivity index (χ1v) is 5.96. The molecule has 0 aliphatic rings. The first-order chi connectivity index (χ1) is 7.33. The molecular formula is C11H17BrN2O2. The third kappa shape index (κ3) is 3.35. The van der Waals surface area contributed by atoms with Gasteiger partial charge in [0.1, 0.15) is 5.69 Å². The number of H-pyrrole nitrogens is 1. The first-order valence-electron chi connectivity index (χ1n) is 5.17. The van der Waals surface area contributed by atoms with Crippen LogP contribution >= 0.6 is 15.9 Å². The van der Waals surface area contributed by atoms with Crippen LogP contribution in [-0.4, -0.2) is 28.1 Å². The number of carbonyl (C=O) groups excluding carboxylic acids is 1. The lowest BCUT2D eigenvalue weighted by molar-refractivity contribution is 0.0142. The van der Waals surface area contributed by atoms with Crippen molar-refractivity contribution in [2.24, 2.45) is 5.92 Å². The van der Waals surface area contributed by atoms with Crippen molar-refractivity contribution in [2.75, 3.05) is 6.54 Å². The molecule has 1 unspecified atom stereocenters. The molecule has 0 spiro atoms. The zero-order valence-electron chi connectivity index (χ0n) is 9.67. The Balaban J connectivity index is 2.54. The van der Waals surface area contributed by atoms with E-state index in [2.05, 4.69) is 26.2 Å². The SMILES string of the molecule is CC(C)C(C)(O)CNC(=O)c1cc(Br)c[nH]1. The molecule has 0 radical (unpaired) electrons. The number of halogens is 1. The molecule has 4 nitrogen and oxygen atoms in total. The normalized spacial score (nSPS) is 14.9. The minimum atomic E-state index is -0.889. The summed E-state index contributed by atoms with van der Waals surface area (Å²) in [6.07, 6.45) is 1.69. The van der Waals surface area contributed by atoms with Crippen molar-refractivity contribution in [1.29, 1.82) is 0 Å². The van der Waals surface area contributed by atoms with Gasteiger partial charge in [0.15, 0.2) is 0 Å². The van der Waals surface area contributed by atoms with Crippen LogP contribution in [0.5, 0.6) is 0 Å². The second-order valence-electron chi connectivity index (χ2n) is 4.43. The molecule has 0 fully saturated rings. The van der Waals surface area contributed by atoms with Gasteiger partial charge in [-0.15, -0.1) is 0 Å². The van der Waals surface area contributed by atoms with E-state index < -0.39 is 5.60 Å². The van der Waals surface area contributed by atoms with E-state index in [0.29, 0.717) is 5.69 Å². The van der Waals surface area contributed by atoms with E-state index in [1.165, 1.54) is 0 Å². The van der Waals surface area contributed by atoms with Crippen molar-refractivity contribution in [3.05, 3.63) is 22.4 Å². The van der Waals surface area contributed by atoms with Crippen LogP contribution in [0.4, 0.5) is 0 Å². The summed E-state index contributed by atoms with van der Waals surface area (Å²) < 4.78 is 0.827. The highest BCUT2D eigenvalue weighted by Gasteiger charge is 2.25. The Labute approximate surface area is 104 Å². The van der Waals surface area contributed by atoms with Gasteiger partial charge in [-0.1, -0.05) is 13.8 Å². The Morgan fingerprint density at radius 3 is 2.75 bits per heavy atom. The van der Waals surface area contributed by atoms with Gasteiger partial charge in [-0.25, -0.2) is 0 Å². The lowest BCUT2D eigenvalue weighted by Gasteiger charge is -2.27. The highest BCUT2D eigenvalue weighted by Crippen LogP contribution is 2.15. The predicted molar refractivity (Wildman–Crippen MR) is 66.3 cm³/mol. The van der Waals surface area contributed by atoms with Crippen LogP contribution in [0.1, 0.15) is 31.3 Å². The average molecular weight is 289 g/mol. The van der Waals surface area contributed by atoms with E-state index in [1.54, 1.807) is 19.2 Å². The number of rotatable bonds is 4. The van der Waals surface area contributed by atoms with Gasteiger partial charge in [-0.3, -0.25) is 4.79 Å². The zero-order chi connectivity index (χ0) is 12.3. The van der Waals surface area contributed by atoms with Crippen molar-refractivity contribution in [2.45, 2.75) is 26.4 Å². The topological polar surface area (TPSA) is 65.1 Å². The molecule has 1 rings (SSSR count). The highest BCUT2D eigenvalue weighted by atomic mass is 79.9. The maximum Gasteiger partial charge on any atom is 0.267 e. The molecule has 1 aromatic heterocycles. The minimum absolute atomic E-state index is 0.0863. The summed E-state index contributed by atoms with van der Waals surface area (Å²) in [6.45, 7) is 5.78. The van der Waals surface area contributed by atoms with Crippen LogP contribution in [0.2, 0.25) is 0 Å². The van der Waals surface area contributed by atoms with E-state index in [1.807, 2.05) is 13.8 Å². The van der Waals surface area contributed by atoms with E-state index in [-0.39, 0.29) is 18.4 Å². The van der Waals surface area contributed by atoms with Gasteiger partial charge in [-0.05, 0) is 34.8 Å². The van der Waals surface area contributed by atoms with Crippen LogP contribution in [0.25, 0.3) is 0 Å². The molecule has 0 bridgehead atoms. The Kier molecular flexibility index (Phi) is 4.15. The number of hydrogen-bond acceptors (Lipinski definition) is 2. The van der Waals surface area contributed by atoms with Crippen LogP contribution in [0.3, 0.4) is 0 Å². The van der Waals surface area contributed by atoms with Gasteiger partial charge in [0, 0.05) is 17.2 Å². The number of aromatic amines is 1. The van der Waals surface area contributed by atoms with Gasteiger partial charge < -0.3 is 15.4 Å². The number of aromatic nitrogens is 1. The molecule has 0 aromatic carbocycles. The fourth-order valence-electron chi connectivity index (χ4n) is 1.06. The molecule has 5 heteroatoms. The molecule has 0 saturated carbocycles. The highest BCUT2D eigenvalue weighted by molar-refractivity contribution is 9.10. The van der Waals surface area contributed by atoms with Gasteiger partial charge >= 0.3 is 0 Å². The van der Waals surface area contributed by atoms with Crippen molar-refractivity contribution in [3.63, 3.8) is 0 Å². The summed E-state index contributed by atoms with van der Waals surface area (Å²) in [4.78, 5) is 14.5. The average Bonchev–Trinajstić information content (AvgIpc) is 2.61. The smallest absolute Gasteiger partial charge is 0.267 e. The van der Waals surface area contributed by atoms with Crippen molar-refractivity contribution >= 4 is 21.8 Å². The summed E-state index contributed by atoms with van der Waals surface area (Å²) in [5, 5.41) is 12.7. The lowest BCUT2D eigenvalue weighted by Crippen LogP contribution is -2.44. The predicted octanol–water partition coefficient (Wildman–Crippen LogP) is 1.91. The van der Waals surface area contributed by atoms with Crippen molar-refractivity contribution < 1.29 is 9.90 Å². The fourth-order valence-corrected chi connectivity index (χ4v) is 1.40. The number of hydrogen-bond donors (Lipinski definition) is 3. The number of amides is 1. The van der Waals surface area contributed by atoms with E-state index >= 15 is 0 Å². The van der Waals surface area contributed by atoms with Gasteiger partial charge in [-0.2, -0.15) is 0 Å². The van der Waals surface area contributed by atoms with Gasteiger partial charge in [0.2, 0.25) is 0 Å². The van der Waals surface area contributed by atoms with Gasteiger partial charge in [0.25, 0.3) is 5.91 Å². The maximum atomic E-state index is 11.7. The van der Waals surface area contributed by atoms with Crippen LogP contribution in [0, 0.1) is 5.92 Å². The third-order valence-electron chi connectivity index (χ3n) is 2.74. The molecule has 1 aromatic rings. The number of carbonyl (C=O) groups is 1. The van der Waals surface area contributed by atoms with Crippen LogP contribution in [0.15, 0.2) is 16.7 Å². The summed E-state index contributed by atoms with van der Waals surface area (Å²) in [5.41, 5.74) is -0.411. The molecule has 90 valence electrons. The summed E-state index contributed by atoms with van der Waals surface area (Å²) in [5.74, 6) is -0.130. The van der Waals surface area contributed by atoms with Crippen LogP contribution < -0.4 is 5.32 Å². The van der Waals surface area contributed by atoms with Crippen LogP contribution in [-0.2, 0) is 0 Å². The molecule has 1 heterocycles. The Morgan fingerprint density at radius 2 is 2.31 bits per heavy atom. The number of nitrogens with one attached hydrogen (secondary N) is 2. The second kappa shape index (κ2) is 5.01. The molecule has 1 atom stereocenters. The van der Waals surface area contributed by atoms with E-state index in [9.17, 15) is 9.90 Å². The fraction of sp³-hybridized carbons (Fsp3) is 0.545. The summed E-state index contributed by atoms with van der Waals surface area (Å²) in [6, 6.07) is 1.69. The largest absolute Gasteiger partial charge is 0.388 e. The van der Waals surface area contributed by atoms with E-state index in [4.69, 9.17) is 0 Å². The minimum Gasteiger partial charge on any atom is -0.388 e. The summed E-state index contributed by atoms with van der Waals surface area (Å²) >= 11 is 3.25. The maximum absolute atomic E-state index is 11.7. The Morgan fingerprint density at radius 1 is 1.69 bits per heavy atom. The molecule has 1 amide bonds. The third-order valence-corrected chi connectivity index (χ3v) is 3.20. The first kappa shape index (κ1) is 13.3. The van der Waals surface area contributed by atoms with E-state index in [0.717, 1.165) is 4.47 Å². The number of aliphatic hydroxyl groups is 1. The molecule has 0 aliphatic carbocycles. The lowest BCUT2D eigenvalue weighted by atomic mass is 9.92. The molecular weight excluding hydrogens is 272 g/mol. The molecule has 3 N–H and O–H groups in total.